The van der Waals surface area contributed by atoms with Gasteiger partial charge in [0.05, 0.1) is 13.2 Å². The fourth-order valence-corrected chi connectivity index (χ4v) is 2.07. The highest BCUT2D eigenvalue weighted by Gasteiger charge is 2.49. The van der Waals surface area contributed by atoms with Crippen LogP contribution in [-0.2, 0) is 24.5 Å². The molecule has 0 unspecified atom stereocenters. The maximum absolute atomic E-state index is 13.4. The Hall–Kier alpha value is -1.91. The van der Waals surface area contributed by atoms with E-state index in [4.69, 9.17) is 9.47 Å². The van der Waals surface area contributed by atoms with E-state index in [1.807, 2.05) is 0 Å². The summed E-state index contributed by atoms with van der Waals surface area (Å²) in [5, 5.41) is 0. The Kier molecular flexibility index (Phi) is 5.67. The van der Waals surface area contributed by atoms with E-state index in [2.05, 4.69) is 0 Å². The molecule has 0 saturated carbocycles. The van der Waals surface area contributed by atoms with Gasteiger partial charge >= 0.3 is 11.9 Å². The van der Waals surface area contributed by atoms with Crippen molar-refractivity contribution < 1.29 is 23.5 Å². The van der Waals surface area contributed by atoms with E-state index in [1.165, 1.54) is 18.2 Å². The van der Waals surface area contributed by atoms with Crippen molar-refractivity contribution in [2.45, 2.75) is 32.6 Å². The van der Waals surface area contributed by atoms with Crippen molar-refractivity contribution in [1.82, 2.24) is 0 Å². The number of hydrogen-bond donors (Lipinski definition) is 0. The second-order valence-corrected chi connectivity index (χ2v) is 4.21. The summed E-state index contributed by atoms with van der Waals surface area (Å²) >= 11 is 0. The van der Waals surface area contributed by atoms with Crippen molar-refractivity contribution in [2.75, 3.05) is 13.2 Å². The van der Waals surface area contributed by atoms with Gasteiger partial charge in [-0.25, -0.2) is 4.39 Å². The SMILES string of the molecule is CCOC(=O)C(CC)(C(=O)OCC)c1cccc(F)c1. The molecule has 0 amide bonds. The van der Waals surface area contributed by atoms with Gasteiger partial charge in [-0.05, 0) is 38.0 Å². The molecular formula is C15H19FO4. The van der Waals surface area contributed by atoms with Crippen LogP contribution >= 0.6 is 0 Å². The van der Waals surface area contributed by atoms with E-state index >= 15 is 0 Å². The minimum atomic E-state index is -1.62. The van der Waals surface area contributed by atoms with Crippen LogP contribution in [0.1, 0.15) is 32.8 Å². The average molecular weight is 282 g/mol. The Morgan fingerprint density at radius 3 is 2.05 bits per heavy atom. The van der Waals surface area contributed by atoms with E-state index in [9.17, 15) is 14.0 Å². The summed E-state index contributed by atoms with van der Waals surface area (Å²) in [4.78, 5) is 24.6. The zero-order valence-corrected chi connectivity index (χ0v) is 11.9. The molecule has 0 heterocycles. The molecule has 110 valence electrons. The number of benzene rings is 1. The lowest BCUT2D eigenvalue weighted by Crippen LogP contribution is -2.45. The summed E-state index contributed by atoms with van der Waals surface area (Å²) in [6.45, 7) is 5.23. The molecule has 1 rings (SSSR count). The molecule has 0 atom stereocenters. The molecule has 20 heavy (non-hydrogen) atoms. The Balaban J connectivity index is 3.37. The van der Waals surface area contributed by atoms with Gasteiger partial charge in [-0.15, -0.1) is 0 Å². The minimum Gasteiger partial charge on any atom is -0.465 e. The highest BCUT2D eigenvalue weighted by Crippen LogP contribution is 2.32. The molecule has 0 saturated heterocycles. The van der Waals surface area contributed by atoms with Crippen LogP contribution in [0.3, 0.4) is 0 Å². The number of ether oxygens (including phenoxy) is 2. The van der Waals surface area contributed by atoms with Crippen molar-refractivity contribution in [3.63, 3.8) is 0 Å². The van der Waals surface area contributed by atoms with Gasteiger partial charge < -0.3 is 9.47 Å². The zero-order valence-electron chi connectivity index (χ0n) is 11.9. The molecule has 0 aliphatic carbocycles. The van der Waals surface area contributed by atoms with Crippen LogP contribution in [0.25, 0.3) is 0 Å². The maximum atomic E-state index is 13.4. The van der Waals surface area contributed by atoms with Crippen LogP contribution in [0, 0.1) is 5.82 Å². The van der Waals surface area contributed by atoms with Crippen LogP contribution in [0.4, 0.5) is 4.39 Å². The molecule has 1 aromatic carbocycles. The maximum Gasteiger partial charge on any atom is 0.328 e. The van der Waals surface area contributed by atoms with Crippen molar-refractivity contribution in [1.29, 1.82) is 0 Å². The Labute approximate surface area is 117 Å². The first-order valence-electron chi connectivity index (χ1n) is 6.63. The normalized spacial score (nSPS) is 11.0. The number of carbonyl (C=O) groups is 2. The number of rotatable bonds is 6. The zero-order chi connectivity index (χ0) is 15.2. The molecule has 0 radical (unpaired) electrons. The summed E-state index contributed by atoms with van der Waals surface area (Å²) in [6.07, 6.45) is 0.133. The predicted molar refractivity (Wildman–Crippen MR) is 71.6 cm³/mol. The summed E-state index contributed by atoms with van der Waals surface area (Å²) in [6, 6.07) is 5.39. The number of hydrogen-bond acceptors (Lipinski definition) is 4. The lowest BCUT2D eigenvalue weighted by Gasteiger charge is -2.28. The third-order valence-electron chi connectivity index (χ3n) is 3.10. The molecule has 0 aliphatic rings. The van der Waals surface area contributed by atoms with Gasteiger partial charge in [0.1, 0.15) is 5.82 Å². The number of halogens is 1. The van der Waals surface area contributed by atoms with Crippen LogP contribution in [-0.4, -0.2) is 25.2 Å². The van der Waals surface area contributed by atoms with Crippen molar-refractivity contribution in [3.05, 3.63) is 35.6 Å². The number of carbonyl (C=O) groups excluding carboxylic acids is 2. The van der Waals surface area contributed by atoms with E-state index in [0.717, 1.165) is 6.07 Å². The Morgan fingerprint density at radius 2 is 1.65 bits per heavy atom. The van der Waals surface area contributed by atoms with Crippen molar-refractivity contribution in [3.8, 4) is 0 Å². The minimum absolute atomic E-state index is 0.133. The predicted octanol–water partition coefficient (Wildman–Crippen LogP) is 2.60. The highest BCUT2D eigenvalue weighted by atomic mass is 19.1. The summed E-state index contributed by atoms with van der Waals surface area (Å²) in [5.41, 5.74) is -1.37. The van der Waals surface area contributed by atoms with Gasteiger partial charge in [-0.3, -0.25) is 9.59 Å². The lowest BCUT2D eigenvalue weighted by molar-refractivity contribution is -0.165. The summed E-state index contributed by atoms with van der Waals surface area (Å²) in [5.74, 6) is -1.95. The first kappa shape index (κ1) is 16.1. The molecule has 4 nitrogen and oxygen atoms in total. The third-order valence-corrected chi connectivity index (χ3v) is 3.10. The van der Waals surface area contributed by atoms with E-state index in [-0.39, 0.29) is 25.2 Å². The second kappa shape index (κ2) is 7.03. The fraction of sp³-hybridized carbons (Fsp3) is 0.467. The Bertz CT molecular complexity index is 467. The largest absolute Gasteiger partial charge is 0.465 e. The molecule has 0 aromatic heterocycles. The second-order valence-electron chi connectivity index (χ2n) is 4.21. The molecule has 5 heteroatoms. The number of esters is 2. The van der Waals surface area contributed by atoms with Gasteiger partial charge in [-0.1, -0.05) is 19.1 Å². The summed E-state index contributed by atoms with van der Waals surface area (Å²) < 4.78 is 23.4. The lowest BCUT2D eigenvalue weighted by atomic mass is 9.78. The van der Waals surface area contributed by atoms with Crippen LogP contribution in [0.2, 0.25) is 0 Å². The molecule has 0 bridgehead atoms. The van der Waals surface area contributed by atoms with Gasteiger partial charge in [0.25, 0.3) is 0 Å². The molecule has 0 N–H and O–H groups in total. The summed E-state index contributed by atoms with van der Waals surface area (Å²) in [7, 11) is 0. The van der Waals surface area contributed by atoms with Gasteiger partial charge in [0.2, 0.25) is 0 Å². The Morgan fingerprint density at radius 1 is 1.10 bits per heavy atom. The quantitative estimate of drug-likeness (QED) is 0.594. The van der Waals surface area contributed by atoms with Crippen LogP contribution in [0.5, 0.6) is 0 Å². The van der Waals surface area contributed by atoms with Crippen LogP contribution in [0.15, 0.2) is 24.3 Å². The van der Waals surface area contributed by atoms with Gasteiger partial charge in [-0.2, -0.15) is 0 Å². The molecule has 0 aliphatic heterocycles. The van der Waals surface area contributed by atoms with Crippen molar-refractivity contribution in [2.24, 2.45) is 0 Å². The van der Waals surface area contributed by atoms with E-state index in [0.29, 0.717) is 0 Å². The first-order valence-corrected chi connectivity index (χ1v) is 6.63. The monoisotopic (exact) mass is 282 g/mol. The first-order chi connectivity index (χ1) is 9.52. The van der Waals surface area contributed by atoms with E-state index in [1.54, 1.807) is 20.8 Å². The molecule has 0 fully saturated rings. The fourth-order valence-electron chi connectivity index (χ4n) is 2.07. The third kappa shape index (κ3) is 2.98. The van der Waals surface area contributed by atoms with E-state index < -0.39 is 23.2 Å². The molecule has 0 spiro atoms. The smallest absolute Gasteiger partial charge is 0.328 e. The molecule has 1 aromatic rings. The molecular weight excluding hydrogens is 263 g/mol. The topological polar surface area (TPSA) is 52.6 Å². The van der Waals surface area contributed by atoms with Gasteiger partial charge in [0.15, 0.2) is 5.41 Å². The van der Waals surface area contributed by atoms with Gasteiger partial charge in [0, 0.05) is 0 Å². The van der Waals surface area contributed by atoms with Crippen LogP contribution < -0.4 is 0 Å². The highest BCUT2D eigenvalue weighted by molar-refractivity contribution is 6.06. The standard InChI is InChI=1S/C15H19FO4/c1-4-15(13(17)19-5-2,14(18)20-6-3)11-8-7-9-12(16)10-11/h7-10H,4-6H2,1-3H3. The average Bonchev–Trinajstić information content (AvgIpc) is 2.41. The van der Waals surface area contributed by atoms with Crippen molar-refractivity contribution >= 4 is 11.9 Å².